The van der Waals surface area contributed by atoms with Gasteiger partial charge in [0.05, 0.1) is 0 Å². The number of fused-ring (bicyclic) bond motifs is 1. The molecule has 2 aromatic carbocycles. The lowest BCUT2D eigenvalue weighted by Gasteiger charge is -2.09. The molecule has 0 unspecified atom stereocenters. The van der Waals surface area contributed by atoms with Crippen LogP contribution in [0.5, 0.6) is 0 Å². The number of carbonyl (C=O) groups excluding carboxylic acids is 1. The van der Waals surface area contributed by atoms with Gasteiger partial charge in [0.15, 0.2) is 0 Å². The largest absolute Gasteiger partial charge is 0.348 e. The maximum Gasteiger partial charge on any atom is 0.251 e. The first kappa shape index (κ1) is 16.5. The van der Waals surface area contributed by atoms with E-state index in [4.69, 9.17) is 0 Å². The number of hydrogen-bond donors (Lipinski definition) is 2. The van der Waals surface area contributed by atoms with Crippen LogP contribution in [0.25, 0.3) is 0 Å². The first-order valence-electron chi connectivity index (χ1n) is 7.30. The normalized spacial score (nSPS) is 12.5. The predicted molar refractivity (Wildman–Crippen MR) is 91.3 cm³/mol. The van der Waals surface area contributed by atoms with Crippen molar-refractivity contribution in [1.82, 2.24) is 10.6 Å². The molecule has 0 saturated carbocycles. The summed E-state index contributed by atoms with van der Waals surface area (Å²) in [5.41, 5.74) is 6.80. The van der Waals surface area contributed by atoms with Gasteiger partial charge in [0.2, 0.25) is 0 Å². The van der Waals surface area contributed by atoms with Gasteiger partial charge in [-0.05, 0) is 42.2 Å². The van der Waals surface area contributed by atoms with Crippen LogP contribution in [0.4, 0.5) is 0 Å². The van der Waals surface area contributed by atoms with Gasteiger partial charge in [-0.25, -0.2) is 0 Å². The molecule has 3 nitrogen and oxygen atoms in total. The molecule has 1 heterocycles. The van der Waals surface area contributed by atoms with E-state index in [-0.39, 0.29) is 18.3 Å². The van der Waals surface area contributed by atoms with Crippen molar-refractivity contribution in [3.8, 4) is 0 Å². The van der Waals surface area contributed by atoms with Crippen LogP contribution in [0, 0.1) is 13.8 Å². The number of halogens is 1. The Bertz CT molecular complexity index is 697. The van der Waals surface area contributed by atoms with Gasteiger partial charge < -0.3 is 10.6 Å². The van der Waals surface area contributed by atoms with Crippen molar-refractivity contribution in [3.05, 3.63) is 69.8 Å². The summed E-state index contributed by atoms with van der Waals surface area (Å²) in [6.07, 6.45) is 0. The Balaban J connectivity index is 0.00000176. The van der Waals surface area contributed by atoms with E-state index in [2.05, 4.69) is 28.8 Å². The van der Waals surface area contributed by atoms with E-state index < -0.39 is 0 Å². The van der Waals surface area contributed by atoms with Crippen molar-refractivity contribution in [2.75, 3.05) is 0 Å². The molecular formula is C18H21ClN2O. The van der Waals surface area contributed by atoms with Gasteiger partial charge in [0, 0.05) is 25.2 Å². The van der Waals surface area contributed by atoms with E-state index in [1.807, 2.05) is 32.0 Å². The Morgan fingerprint density at radius 3 is 2.64 bits per heavy atom. The smallest absolute Gasteiger partial charge is 0.251 e. The number of carbonyl (C=O) groups is 1. The Hall–Kier alpha value is -1.84. The molecular weight excluding hydrogens is 296 g/mol. The molecule has 0 aliphatic carbocycles. The first-order chi connectivity index (χ1) is 10.1. The lowest BCUT2D eigenvalue weighted by molar-refractivity contribution is 0.0950. The predicted octanol–water partition coefficient (Wildman–Crippen LogP) is 3.26. The topological polar surface area (TPSA) is 41.1 Å². The number of amides is 1. The fourth-order valence-electron chi connectivity index (χ4n) is 2.80. The highest BCUT2D eigenvalue weighted by Gasteiger charge is 2.11. The van der Waals surface area contributed by atoms with Crippen LogP contribution in [-0.2, 0) is 19.6 Å². The molecule has 4 heteroatoms. The van der Waals surface area contributed by atoms with Crippen LogP contribution in [0.1, 0.15) is 38.2 Å². The van der Waals surface area contributed by atoms with Crippen molar-refractivity contribution in [2.24, 2.45) is 0 Å². The van der Waals surface area contributed by atoms with E-state index in [1.165, 1.54) is 16.7 Å². The summed E-state index contributed by atoms with van der Waals surface area (Å²) >= 11 is 0. The zero-order valence-electron chi connectivity index (χ0n) is 12.9. The molecule has 0 saturated heterocycles. The minimum atomic E-state index is -0.00822. The molecule has 1 aliphatic heterocycles. The number of benzene rings is 2. The Morgan fingerprint density at radius 2 is 1.86 bits per heavy atom. The van der Waals surface area contributed by atoms with Crippen molar-refractivity contribution in [2.45, 2.75) is 33.5 Å². The molecule has 0 fully saturated rings. The molecule has 0 aromatic heterocycles. The summed E-state index contributed by atoms with van der Waals surface area (Å²) in [4.78, 5) is 12.3. The number of hydrogen-bond acceptors (Lipinski definition) is 2. The fraction of sp³-hybridized carbons (Fsp3) is 0.278. The summed E-state index contributed by atoms with van der Waals surface area (Å²) in [5, 5.41) is 6.34. The third-order valence-corrected chi connectivity index (χ3v) is 3.98. The molecule has 3 rings (SSSR count). The Kier molecular flexibility index (Phi) is 5.22. The molecule has 1 amide bonds. The molecule has 0 radical (unpaired) electrons. The van der Waals surface area contributed by atoms with Crippen LogP contribution in [0.2, 0.25) is 0 Å². The van der Waals surface area contributed by atoms with Gasteiger partial charge in [-0.15, -0.1) is 12.4 Å². The third kappa shape index (κ3) is 3.49. The van der Waals surface area contributed by atoms with Crippen molar-refractivity contribution in [1.29, 1.82) is 0 Å². The SMILES string of the molecule is Cc1ccc(C(=O)NCc2ccc3c(c2)CNC3)c(C)c1.Cl. The van der Waals surface area contributed by atoms with Gasteiger partial charge in [0.1, 0.15) is 0 Å². The molecule has 0 atom stereocenters. The second-order valence-corrected chi connectivity index (χ2v) is 5.71. The summed E-state index contributed by atoms with van der Waals surface area (Å²) in [6.45, 7) is 6.45. The van der Waals surface area contributed by atoms with Crippen molar-refractivity contribution in [3.63, 3.8) is 0 Å². The molecule has 0 spiro atoms. The minimum Gasteiger partial charge on any atom is -0.348 e. The average Bonchev–Trinajstić information content (AvgIpc) is 2.92. The highest BCUT2D eigenvalue weighted by atomic mass is 35.5. The van der Waals surface area contributed by atoms with Crippen LogP contribution in [-0.4, -0.2) is 5.91 Å². The van der Waals surface area contributed by atoms with Crippen LogP contribution in [0.15, 0.2) is 36.4 Å². The second-order valence-electron chi connectivity index (χ2n) is 5.71. The summed E-state index contributed by atoms with van der Waals surface area (Å²) < 4.78 is 0. The monoisotopic (exact) mass is 316 g/mol. The van der Waals surface area contributed by atoms with Crippen molar-refractivity contribution >= 4 is 18.3 Å². The first-order valence-corrected chi connectivity index (χ1v) is 7.30. The van der Waals surface area contributed by atoms with E-state index in [9.17, 15) is 4.79 Å². The maximum absolute atomic E-state index is 12.3. The number of rotatable bonds is 3. The number of nitrogens with one attached hydrogen (secondary N) is 2. The Morgan fingerprint density at radius 1 is 1.09 bits per heavy atom. The van der Waals surface area contributed by atoms with Crippen LogP contribution >= 0.6 is 12.4 Å². The molecule has 2 N–H and O–H groups in total. The fourth-order valence-corrected chi connectivity index (χ4v) is 2.80. The summed E-state index contributed by atoms with van der Waals surface area (Å²) in [6, 6.07) is 12.3. The molecule has 0 bridgehead atoms. The van der Waals surface area contributed by atoms with Gasteiger partial charge >= 0.3 is 0 Å². The van der Waals surface area contributed by atoms with Gasteiger partial charge in [-0.3, -0.25) is 4.79 Å². The molecule has 1 aliphatic rings. The van der Waals surface area contributed by atoms with E-state index in [1.54, 1.807) is 0 Å². The highest BCUT2D eigenvalue weighted by Crippen LogP contribution is 2.17. The minimum absolute atomic E-state index is 0. The maximum atomic E-state index is 12.3. The summed E-state index contributed by atoms with van der Waals surface area (Å²) in [7, 11) is 0. The highest BCUT2D eigenvalue weighted by molar-refractivity contribution is 5.95. The van der Waals surface area contributed by atoms with E-state index >= 15 is 0 Å². The third-order valence-electron chi connectivity index (χ3n) is 3.98. The number of aryl methyl sites for hydroxylation is 2. The Labute approximate surface area is 137 Å². The lowest BCUT2D eigenvalue weighted by atomic mass is 10.0. The molecule has 2 aromatic rings. The van der Waals surface area contributed by atoms with Crippen LogP contribution < -0.4 is 10.6 Å². The van der Waals surface area contributed by atoms with Gasteiger partial charge in [-0.2, -0.15) is 0 Å². The lowest BCUT2D eigenvalue weighted by Crippen LogP contribution is -2.23. The summed E-state index contributed by atoms with van der Waals surface area (Å²) in [5.74, 6) is -0.00822. The van der Waals surface area contributed by atoms with Crippen molar-refractivity contribution < 1.29 is 4.79 Å². The van der Waals surface area contributed by atoms with E-state index in [0.717, 1.165) is 29.8 Å². The van der Waals surface area contributed by atoms with E-state index in [0.29, 0.717) is 6.54 Å². The standard InChI is InChI=1S/C18H20N2O.ClH/c1-12-3-6-17(13(2)7-12)18(21)20-9-14-4-5-15-10-19-11-16(15)8-14;/h3-8,19H,9-11H2,1-2H3,(H,20,21);1H. The zero-order chi connectivity index (χ0) is 14.8. The average molecular weight is 317 g/mol. The van der Waals surface area contributed by atoms with Gasteiger partial charge in [-0.1, -0.05) is 35.9 Å². The van der Waals surface area contributed by atoms with Crippen LogP contribution in [0.3, 0.4) is 0 Å². The zero-order valence-corrected chi connectivity index (χ0v) is 13.7. The molecule has 22 heavy (non-hydrogen) atoms. The second kappa shape index (κ2) is 6.95. The molecule has 116 valence electrons. The quantitative estimate of drug-likeness (QED) is 0.912. The van der Waals surface area contributed by atoms with Gasteiger partial charge in [0.25, 0.3) is 5.91 Å².